The number of hydrogen-bond acceptors (Lipinski definition) is 4. The van der Waals surface area contributed by atoms with Crippen molar-refractivity contribution in [2.24, 2.45) is 12.0 Å². The van der Waals surface area contributed by atoms with Gasteiger partial charge < -0.3 is 20.3 Å². The molecule has 1 unspecified atom stereocenters. The lowest BCUT2D eigenvalue weighted by Crippen LogP contribution is -2.51. The van der Waals surface area contributed by atoms with E-state index in [2.05, 4.69) is 33.8 Å². The van der Waals surface area contributed by atoms with E-state index in [9.17, 15) is 0 Å². The lowest BCUT2D eigenvalue weighted by Gasteiger charge is -2.34. The number of rotatable bonds is 9. The first-order valence-electron chi connectivity index (χ1n) is 12.1. The highest BCUT2D eigenvalue weighted by Gasteiger charge is 2.21. The van der Waals surface area contributed by atoms with Gasteiger partial charge in [-0.05, 0) is 45.4 Å². The zero-order valence-corrected chi connectivity index (χ0v) is 19.1. The second-order valence-corrected chi connectivity index (χ2v) is 8.75. The molecule has 1 saturated carbocycles. The maximum Gasteiger partial charge on any atom is 0.191 e. The molecule has 2 aliphatic rings. The van der Waals surface area contributed by atoms with Gasteiger partial charge in [0.2, 0.25) is 0 Å². The van der Waals surface area contributed by atoms with Crippen molar-refractivity contribution in [2.75, 3.05) is 37.7 Å². The summed E-state index contributed by atoms with van der Waals surface area (Å²) < 4.78 is 7.97. The smallest absolute Gasteiger partial charge is 0.191 e. The van der Waals surface area contributed by atoms with Gasteiger partial charge in [-0.2, -0.15) is 5.10 Å². The molecule has 2 fully saturated rings. The van der Waals surface area contributed by atoms with E-state index in [-0.39, 0.29) is 0 Å². The fourth-order valence-electron chi connectivity index (χ4n) is 4.48. The van der Waals surface area contributed by atoms with E-state index in [4.69, 9.17) is 9.73 Å². The first-order valence-corrected chi connectivity index (χ1v) is 12.1. The average Bonchev–Trinajstić information content (AvgIpc) is 3.02. The molecule has 1 saturated heterocycles. The quantitative estimate of drug-likeness (QED) is 0.278. The van der Waals surface area contributed by atoms with Crippen molar-refractivity contribution >= 4 is 11.6 Å². The van der Waals surface area contributed by atoms with Crippen LogP contribution in [0.15, 0.2) is 17.4 Å². The Hall–Kier alpha value is -1.76. The Morgan fingerprint density at radius 2 is 2.00 bits per heavy atom. The van der Waals surface area contributed by atoms with Gasteiger partial charge in [-0.3, -0.25) is 9.67 Å². The number of hydrogen-bond donors (Lipinski definition) is 2. The molecule has 2 N–H and O–H groups in total. The number of aliphatic imine (C=N–C) groups is 1. The Balaban J connectivity index is 1.37. The summed E-state index contributed by atoms with van der Waals surface area (Å²) in [5, 5.41) is 11.4. The number of aromatic nitrogens is 2. The van der Waals surface area contributed by atoms with Crippen molar-refractivity contribution in [2.45, 2.75) is 83.3 Å². The fourth-order valence-corrected chi connectivity index (χ4v) is 4.48. The van der Waals surface area contributed by atoms with Crippen LogP contribution in [0.4, 0.5) is 5.69 Å². The SMILES string of the molecule is CCNC(=NCCCCOC1CCCCCC1)NC1CCCN(c2cnn(C)c2)C1. The number of anilines is 1. The Morgan fingerprint density at radius 1 is 1.17 bits per heavy atom. The monoisotopic (exact) mass is 418 g/mol. The topological polar surface area (TPSA) is 66.7 Å². The molecular weight excluding hydrogens is 376 g/mol. The fraction of sp³-hybridized carbons (Fsp3) is 0.826. The minimum atomic E-state index is 0.412. The van der Waals surface area contributed by atoms with Crippen molar-refractivity contribution in [3.05, 3.63) is 12.4 Å². The average molecular weight is 419 g/mol. The largest absolute Gasteiger partial charge is 0.378 e. The predicted octanol–water partition coefficient (Wildman–Crippen LogP) is 3.46. The molecule has 170 valence electrons. The summed E-state index contributed by atoms with van der Waals surface area (Å²) in [5.41, 5.74) is 1.21. The van der Waals surface area contributed by atoms with Crippen molar-refractivity contribution in [3.8, 4) is 0 Å². The van der Waals surface area contributed by atoms with E-state index in [1.807, 2.05) is 17.9 Å². The van der Waals surface area contributed by atoms with Gasteiger partial charge in [-0.15, -0.1) is 0 Å². The van der Waals surface area contributed by atoms with Crippen LogP contribution in [0.1, 0.15) is 71.1 Å². The van der Waals surface area contributed by atoms with Crippen molar-refractivity contribution < 1.29 is 4.74 Å². The Labute approximate surface area is 182 Å². The summed E-state index contributed by atoms with van der Waals surface area (Å²) in [7, 11) is 1.97. The van der Waals surface area contributed by atoms with E-state index in [0.717, 1.165) is 51.6 Å². The maximum absolute atomic E-state index is 6.10. The van der Waals surface area contributed by atoms with Gasteiger partial charge in [0.15, 0.2) is 5.96 Å². The summed E-state index contributed by atoms with van der Waals surface area (Å²) in [4.78, 5) is 7.23. The van der Waals surface area contributed by atoms with E-state index in [1.54, 1.807) is 0 Å². The molecule has 2 heterocycles. The summed E-state index contributed by atoms with van der Waals surface area (Å²) in [6.45, 7) is 6.83. The van der Waals surface area contributed by atoms with Crippen LogP contribution in [0.5, 0.6) is 0 Å². The minimum Gasteiger partial charge on any atom is -0.378 e. The molecule has 0 radical (unpaired) electrons. The van der Waals surface area contributed by atoms with Crippen LogP contribution in [-0.2, 0) is 11.8 Å². The molecule has 1 aliphatic carbocycles. The number of nitrogens with zero attached hydrogens (tertiary/aromatic N) is 4. The lowest BCUT2D eigenvalue weighted by atomic mass is 10.1. The number of unbranched alkanes of at least 4 members (excludes halogenated alkanes) is 1. The first kappa shape index (κ1) is 22.9. The zero-order chi connectivity index (χ0) is 21.0. The Kier molecular flexibility index (Phi) is 9.80. The second-order valence-electron chi connectivity index (χ2n) is 8.75. The zero-order valence-electron chi connectivity index (χ0n) is 19.1. The van der Waals surface area contributed by atoms with Gasteiger partial charge >= 0.3 is 0 Å². The van der Waals surface area contributed by atoms with Gasteiger partial charge in [0, 0.05) is 52.1 Å². The summed E-state index contributed by atoms with van der Waals surface area (Å²) in [6, 6.07) is 0.412. The predicted molar refractivity (Wildman–Crippen MR) is 124 cm³/mol. The summed E-state index contributed by atoms with van der Waals surface area (Å²) in [6.07, 6.45) is 17.0. The first-order chi connectivity index (χ1) is 14.7. The lowest BCUT2D eigenvalue weighted by molar-refractivity contribution is 0.0413. The highest BCUT2D eigenvalue weighted by molar-refractivity contribution is 5.80. The van der Waals surface area contributed by atoms with Gasteiger partial charge in [0.25, 0.3) is 0 Å². The van der Waals surface area contributed by atoms with Gasteiger partial charge in [-0.25, -0.2) is 0 Å². The number of ether oxygens (including phenoxy) is 1. The van der Waals surface area contributed by atoms with E-state index in [0.29, 0.717) is 12.1 Å². The molecule has 30 heavy (non-hydrogen) atoms. The molecule has 0 aromatic carbocycles. The van der Waals surface area contributed by atoms with Crippen molar-refractivity contribution in [3.63, 3.8) is 0 Å². The van der Waals surface area contributed by atoms with Gasteiger partial charge in [0.1, 0.15) is 0 Å². The van der Waals surface area contributed by atoms with Crippen molar-refractivity contribution in [1.29, 1.82) is 0 Å². The van der Waals surface area contributed by atoms with E-state index in [1.165, 1.54) is 57.1 Å². The third-order valence-electron chi connectivity index (χ3n) is 6.14. The maximum atomic E-state index is 6.10. The molecular formula is C23H42N6O. The summed E-state index contributed by atoms with van der Waals surface area (Å²) >= 11 is 0. The normalized spacial score (nSPS) is 21.5. The van der Waals surface area contributed by atoms with Crippen LogP contribution in [0.2, 0.25) is 0 Å². The van der Waals surface area contributed by atoms with Crippen LogP contribution in [0, 0.1) is 0 Å². The Morgan fingerprint density at radius 3 is 2.73 bits per heavy atom. The molecule has 0 spiro atoms. The minimum absolute atomic E-state index is 0.412. The van der Waals surface area contributed by atoms with Crippen LogP contribution in [0.3, 0.4) is 0 Å². The van der Waals surface area contributed by atoms with E-state index >= 15 is 0 Å². The standard InChI is InChI=1S/C23H42N6O/c1-3-24-23(25-14-8-9-16-30-22-12-6-4-5-7-13-22)27-20-11-10-15-29(18-20)21-17-26-28(2)19-21/h17,19-20,22H,3-16,18H2,1-2H3,(H2,24,25,27). The molecule has 1 atom stereocenters. The molecule has 0 bridgehead atoms. The number of guanidine groups is 1. The second kappa shape index (κ2) is 12.8. The third-order valence-corrected chi connectivity index (χ3v) is 6.14. The van der Waals surface area contributed by atoms with Crippen LogP contribution < -0.4 is 15.5 Å². The highest BCUT2D eigenvalue weighted by atomic mass is 16.5. The molecule has 7 nitrogen and oxygen atoms in total. The van der Waals surface area contributed by atoms with Crippen LogP contribution >= 0.6 is 0 Å². The molecule has 1 aromatic heterocycles. The molecule has 1 aliphatic heterocycles. The highest BCUT2D eigenvalue weighted by Crippen LogP contribution is 2.20. The van der Waals surface area contributed by atoms with E-state index < -0.39 is 0 Å². The molecule has 3 rings (SSSR count). The molecule has 0 amide bonds. The van der Waals surface area contributed by atoms with Gasteiger partial charge in [0.05, 0.1) is 18.0 Å². The number of piperidine rings is 1. The van der Waals surface area contributed by atoms with Crippen LogP contribution in [0.25, 0.3) is 0 Å². The van der Waals surface area contributed by atoms with Crippen LogP contribution in [-0.4, -0.2) is 60.7 Å². The Bertz CT molecular complexity index is 623. The third kappa shape index (κ3) is 7.82. The molecule has 1 aromatic rings. The molecule has 7 heteroatoms. The number of nitrogens with one attached hydrogen (secondary N) is 2. The number of aryl methyl sites for hydroxylation is 1. The van der Waals surface area contributed by atoms with Gasteiger partial charge in [-0.1, -0.05) is 25.7 Å². The van der Waals surface area contributed by atoms with Crippen molar-refractivity contribution in [1.82, 2.24) is 20.4 Å². The summed E-state index contributed by atoms with van der Waals surface area (Å²) in [5.74, 6) is 0.945.